The maximum atomic E-state index is 12.5. The lowest BCUT2D eigenvalue weighted by molar-refractivity contribution is -0.143. The summed E-state index contributed by atoms with van der Waals surface area (Å²) in [5.41, 5.74) is 1.23. The van der Waals surface area contributed by atoms with Crippen LogP contribution in [0.4, 0.5) is 0 Å². The van der Waals surface area contributed by atoms with Crippen LogP contribution in [0.2, 0.25) is 0 Å². The average molecular weight is 395 g/mol. The maximum Gasteiger partial charge on any atom is 0.336 e. The average Bonchev–Trinajstić information content (AvgIpc) is 2.71. The number of ether oxygens (including phenoxy) is 1. The molecule has 0 fully saturated rings. The molecule has 150 valence electrons. The normalized spacial score (nSPS) is 12.9. The van der Waals surface area contributed by atoms with E-state index in [2.05, 4.69) is 5.32 Å². The SMILES string of the molecule is CCc1cc(=O)oc2cc(O[C@H](C)C(=O)N[C@H](C(=O)O)c3ccccc3)ccc12. The molecule has 2 aromatic carbocycles. The van der Waals surface area contributed by atoms with Gasteiger partial charge in [0.2, 0.25) is 0 Å². The second-order valence-electron chi connectivity index (χ2n) is 6.55. The summed E-state index contributed by atoms with van der Waals surface area (Å²) in [5.74, 6) is -1.41. The molecule has 0 spiro atoms. The Morgan fingerprint density at radius 3 is 2.52 bits per heavy atom. The second kappa shape index (κ2) is 8.60. The molecule has 3 aromatic rings. The Bertz CT molecular complexity index is 1090. The highest BCUT2D eigenvalue weighted by Gasteiger charge is 2.25. The number of hydrogen-bond donors (Lipinski definition) is 2. The van der Waals surface area contributed by atoms with E-state index < -0.39 is 29.6 Å². The topological polar surface area (TPSA) is 106 Å². The third-order valence-electron chi connectivity index (χ3n) is 4.53. The molecular weight excluding hydrogens is 374 g/mol. The van der Waals surface area contributed by atoms with Crippen LogP contribution >= 0.6 is 0 Å². The Morgan fingerprint density at radius 2 is 1.86 bits per heavy atom. The maximum absolute atomic E-state index is 12.5. The first-order valence-corrected chi connectivity index (χ1v) is 9.20. The van der Waals surface area contributed by atoms with Gasteiger partial charge in [-0.2, -0.15) is 0 Å². The van der Waals surface area contributed by atoms with Crippen molar-refractivity contribution in [2.75, 3.05) is 0 Å². The fourth-order valence-corrected chi connectivity index (χ4v) is 3.03. The molecule has 1 heterocycles. The summed E-state index contributed by atoms with van der Waals surface area (Å²) in [5, 5.41) is 12.7. The number of carbonyl (C=O) groups is 2. The summed E-state index contributed by atoms with van der Waals surface area (Å²) in [6.45, 7) is 3.46. The molecule has 2 N–H and O–H groups in total. The Hall–Kier alpha value is -3.61. The lowest BCUT2D eigenvalue weighted by Crippen LogP contribution is -2.41. The van der Waals surface area contributed by atoms with E-state index >= 15 is 0 Å². The van der Waals surface area contributed by atoms with E-state index in [1.165, 1.54) is 13.0 Å². The number of carbonyl (C=O) groups excluding carboxylic acids is 1. The summed E-state index contributed by atoms with van der Waals surface area (Å²) in [6.07, 6.45) is -0.281. The fraction of sp³-hybridized carbons (Fsp3) is 0.227. The minimum atomic E-state index is -1.18. The zero-order valence-electron chi connectivity index (χ0n) is 16.0. The van der Waals surface area contributed by atoms with Gasteiger partial charge in [0.15, 0.2) is 12.1 Å². The van der Waals surface area contributed by atoms with Gasteiger partial charge >= 0.3 is 11.6 Å². The van der Waals surface area contributed by atoms with Gasteiger partial charge in [-0.05, 0) is 36.6 Å². The van der Waals surface area contributed by atoms with Crippen LogP contribution < -0.4 is 15.7 Å². The molecule has 0 saturated carbocycles. The van der Waals surface area contributed by atoms with Gasteiger partial charge < -0.3 is 19.6 Å². The van der Waals surface area contributed by atoms with E-state index in [-0.39, 0.29) is 0 Å². The van der Waals surface area contributed by atoms with Crippen molar-refractivity contribution in [3.05, 3.63) is 76.1 Å². The van der Waals surface area contributed by atoms with Crippen LogP contribution in [0, 0.1) is 0 Å². The predicted octanol–water partition coefficient (Wildman–Crippen LogP) is 3.06. The molecule has 2 atom stereocenters. The van der Waals surface area contributed by atoms with Crippen molar-refractivity contribution in [2.24, 2.45) is 0 Å². The van der Waals surface area contributed by atoms with E-state index in [1.54, 1.807) is 48.5 Å². The largest absolute Gasteiger partial charge is 0.481 e. The smallest absolute Gasteiger partial charge is 0.336 e. The Labute approximate surface area is 166 Å². The highest BCUT2D eigenvalue weighted by Crippen LogP contribution is 2.24. The third-order valence-corrected chi connectivity index (χ3v) is 4.53. The number of rotatable bonds is 7. The molecule has 0 saturated heterocycles. The van der Waals surface area contributed by atoms with Crippen LogP contribution in [0.25, 0.3) is 11.0 Å². The number of nitrogens with one attached hydrogen (secondary N) is 1. The first-order valence-electron chi connectivity index (χ1n) is 9.20. The first-order chi connectivity index (χ1) is 13.9. The number of benzene rings is 2. The molecule has 7 heteroatoms. The third kappa shape index (κ3) is 4.63. The number of hydrogen-bond acceptors (Lipinski definition) is 5. The molecule has 1 amide bonds. The number of carboxylic acid groups (broad SMARTS) is 1. The van der Waals surface area contributed by atoms with Crippen LogP contribution in [0.15, 0.2) is 63.8 Å². The van der Waals surface area contributed by atoms with Crippen molar-refractivity contribution in [3.63, 3.8) is 0 Å². The first kappa shape index (κ1) is 20.1. The lowest BCUT2D eigenvalue weighted by atomic mass is 10.1. The van der Waals surface area contributed by atoms with E-state index in [9.17, 15) is 19.5 Å². The van der Waals surface area contributed by atoms with E-state index in [0.29, 0.717) is 23.3 Å². The molecule has 0 bridgehead atoms. The highest BCUT2D eigenvalue weighted by atomic mass is 16.5. The van der Waals surface area contributed by atoms with Crippen LogP contribution in [0.3, 0.4) is 0 Å². The van der Waals surface area contributed by atoms with Crippen molar-refractivity contribution < 1.29 is 23.8 Å². The quantitative estimate of drug-likeness (QED) is 0.596. The number of fused-ring (bicyclic) bond motifs is 1. The summed E-state index contributed by atoms with van der Waals surface area (Å²) >= 11 is 0. The van der Waals surface area contributed by atoms with Crippen molar-refractivity contribution in [3.8, 4) is 5.75 Å². The Kier molecular flexibility index (Phi) is 5.97. The van der Waals surface area contributed by atoms with E-state index in [1.807, 2.05) is 6.92 Å². The standard InChI is InChI=1S/C22H21NO6/c1-3-14-11-19(24)29-18-12-16(9-10-17(14)18)28-13(2)21(25)23-20(22(26)27)15-7-5-4-6-8-15/h4-13,20H,3H2,1-2H3,(H,23,25)(H,26,27)/t13-,20+/m1/s1. The molecule has 3 rings (SSSR count). The van der Waals surface area contributed by atoms with Crippen LogP contribution in [-0.4, -0.2) is 23.1 Å². The van der Waals surface area contributed by atoms with Crippen molar-refractivity contribution >= 4 is 22.8 Å². The summed E-state index contributed by atoms with van der Waals surface area (Å²) in [4.78, 5) is 35.7. The Morgan fingerprint density at radius 1 is 1.14 bits per heavy atom. The van der Waals surface area contributed by atoms with Gasteiger partial charge in [0.25, 0.3) is 5.91 Å². The van der Waals surface area contributed by atoms with E-state index in [0.717, 1.165) is 10.9 Å². The predicted molar refractivity (Wildman–Crippen MR) is 107 cm³/mol. The molecule has 0 aliphatic heterocycles. The fourth-order valence-electron chi connectivity index (χ4n) is 3.03. The van der Waals surface area contributed by atoms with Crippen LogP contribution in [0.1, 0.15) is 31.0 Å². The second-order valence-corrected chi connectivity index (χ2v) is 6.55. The molecule has 0 aliphatic rings. The minimum absolute atomic E-state index is 0.336. The highest BCUT2D eigenvalue weighted by molar-refractivity contribution is 5.87. The van der Waals surface area contributed by atoms with Gasteiger partial charge in [-0.3, -0.25) is 4.79 Å². The molecule has 0 aliphatic carbocycles. The molecule has 7 nitrogen and oxygen atoms in total. The zero-order valence-corrected chi connectivity index (χ0v) is 16.0. The molecule has 29 heavy (non-hydrogen) atoms. The van der Waals surface area contributed by atoms with Gasteiger partial charge in [-0.25, -0.2) is 9.59 Å². The number of aliphatic carboxylic acids is 1. The molecular formula is C22H21NO6. The van der Waals surface area contributed by atoms with Gasteiger partial charge in [0.1, 0.15) is 11.3 Å². The van der Waals surface area contributed by atoms with Crippen molar-refractivity contribution in [2.45, 2.75) is 32.4 Å². The van der Waals surface area contributed by atoms with Gasteiger partial charge in [-0.15, -0.1) is 0 Å². The molecule has 1 aromatic heterocycles. The minimum Gasteiger partial charge on any atom is -0.481 e. The molecule has 0 unspecified atom stereocenters. The van der Waals surface area contributed by atoms with Crippen molar-refractivity contribution in [1.82, 2.24) is 5.32 Å². The summed E-state index contributed by atoms with van der Waals surface area (Å²) in [6, 6.07) is 13.7. The molecule has 0 radical (unpaired) electrons. The monoisotopic (exact) mass is 395 g/mol. The Balaban J connectivity index is 1.77. The van der Waals surface area contributed by atoms with Gasteiger partial charge in [0.05, 0.1) is 0 Å². The summed E-state index contributed by atoms with van der Waals surface area (Å²) < 4.78 is 10.9. The van der Waals surface area contributed by atoms with Crippen LogP contribution in [0.5, 0.6) is 5.75 Å². The number of amides is 1. The number of carboxylic acids is 1. The van der Waals surface area contributed by atoms with E-state index in [4.69, 9.17) is 9.15 Å². The van der Waals surface area contributed by atoms with Crippen LogP contribution in [-0.2, 0) is 16.0 Å². The zero-order chi connectivity index (χ0) is 21.0. The van der Waals surface area contributed by atoms with Gasteiger partial charge in [0, 0.05) is 17.5 Å². The lowest BCUT2D eigenvalue weighted by Gasteiger charge is -2.19. The number of aryl methyl sites for hydroxylation is 1. The van der Waals surface area contributed by atoms with Gasteiger partial charge in [-0.1, -0.05) is 37.3 Å². The summed E-state index contributed by atoms with van der Waals surface area (Å²) in [7, 11) is 0. The van der Waals surface area contributed by atoms with Crippen molar-refractivity contribution in [1.29, 1.82) is 0 Å².